The van der Waals surface area contributed by atoms with Crippen molar-refractivity contribution in [2.45, 2.75) is 19.8 Å². The maximum absolute atomic E-state index is 2.32. The molecule has 0 unspecified atom stereocenters. The molecule has 1 heteroatoms. The van der Waals surface area contributed by atoms with Crippen molar-refractivity contribution in [1.82, 2.24) is 4.90 Å². The molecular formula is C9H15N. The lowest BCUT2D eigenvalue weighted by atomic mass is 10.3. The molecule has 0 spiro atoms. The number of nitrogens with zero attached hydrogens (tertiary/aromatic N) is 1. The number of hydrogen-bond donors (Lipinski definition) is 0. The predicted molar refractivity (Wildman–Crippen MR) is 44.8 cm³/mol. The molecule has 0 amide bonds. The van der Waals surface area contributed by atoms with Gasteiger partial charge in [-0.3, -0.25) is 0 Å². The number of hydrogen-bond acceptors (Lipinski definition) is 1. The van der Waals surface area contributed by atoms with Crippen LogP contribution in [0.5, 0.6) is 0 Å². The summed E-state index contributed by atoms with van der Waals surface area (Å²) in [7, 11) is 2.16. The maximum Gasteiger partial charge on any atom is 0.0207 e. The van der Waals surface area contributed by atoms with Crippen LogP contribution in [0.3, 0.4) is 0 Å². The third-order valence-corrected chi connectivity index (χ3v) is 1.90. The van der Waals surface area contributed by atoms with Gasteiger partial charge in [0.05, 0.1) is 0 Å². The van der Waals surface area contributed by atoms with Crippen molar-refractivity contribution in [3.05, 3.63) is 23.9 Å². The molecule has 0 saturated heterocycles. The van der Waals surface area contributed by atoms with Gasteiger partial charge in [-0.25, -0.2) is 0 Å². The van der Waals surface area contributed by atoms with Gasteiger partial charge in [-0.1, -0.05) is 18.2 Å². The largest absolute Gasteiger partial charge is 0.378 e. The monoisotopic (exact) mass is 137 g/mol. The molecule has 1 aliphatic rings. The van der Waals surface area contributed by atoms with Crippen LogP contribution in [-0.2, 0) is 0 Å². The van der Waals surface area contributed by atoms with E-state index < -0.39 is 0 Å². The molecule has 0 atom stereocenters. The van der Waals surface area contributed by atoms with Crippen molar-refractivity contribution in [2.75, 3.05) is 13.6 Å². The lowest BCUT2D eigenvalue weighted by Crippen LogP contribution is -2.12. The van der Waals surface area contributed by atoms with E-state index in [1.54, 1.807) is 0 Å². The first-order valence-corrected chi connectivity index (χ1v) is 3.86. The summed E-state index contributed by atoms with van der Waals surface area (Å²) in [6.07, 6.45) is 8.96. The lowest BCUT2D eigenvalue weighted by molar-refractivity contribution is 0.451. The average Bonchev–Trinajstić information content (AvgIpc) is 2.31. The molecule has 1 rings (SSSR count). The fraction of sp³-hybridized carbons (Fsp3) is 0.556. The summed E-state index contributed by atoms with van der Waals surface area (Å²) in [5, 5.41) is 0. The molecule has 0 N–H and O–H groups in total. The molecule has 0 aromatic rings. The summed E-state index contributed by atoms with van der Waals surface area (Å²) in [5.41, 5.74) is 1.47. The van der Waals surface area contributed by atoms with Gasteiger partial charge >= 0.3 is 0 Å². The fourth-order valence-electron chi connectivity index (χ4n) is 1.20. The molecule has 0 aliphatic carbocycles. The van der Waals surface area contributed by atoms with Crippen LogP contribution in [0.1, 0.15) is 19.8 Å². The van der Waals surface area contributed by atoms with Gasteiger partial charge in [0.2, 0.25) is 0 Å². The summed E-state index contributed by atoms with van der Waals surface area (Å²) < 4.78 is 0. The van der Waals surface area contributed by atoms with Crippen molar-refractivity contribution in [3.63, 3.8) is 0 Å². The Hall–Kier alpha value is -0.720. The lowest BCUT2D eigenvalue weighted by Gasteiger charge is -2.13. The zero-order chi connectivity index (χ0) is 7.40. The summed E-state index contributed by atoms with van der Waals surface area (Å²) in [6, 6.07) is 0. The van der Waals surface area contributed by atoms with E-state index in [1.165, 1.54) is 18.7 Å². The van der Waals surface area contributed by atoms with Gasteiger partial charge in [0.25, 0.3) is 0 Å². The van der Waals surface area contributed by atoms with Gasteiger partial charge in [-0.2, -0.15) is 0 Å². The molecule has 56 valence electrons. The van der Waals surface area contributed by atoms with E-state index in [0.717, 1.165) is 6.42 Å². The first kappa shape index (κ1) is 7.39. The van der Waals surface area contributed by atoms with Crippen molar-refractivity contribution in [1.29, 1.82) is 0 Å². The molecule has 0 saturated carbocycles. The molecule has 1 heterocycles. The van der Waals surface area contributed by atoms with Crippen molar-refractivity contribution in [2.24, 2.45) is 0 Å². The van der Waals surface area contributed by atoms with E-state index in [4.69, 9.17) is 0 Å². The quantitative estimate of drug-likeness (QED) is 0.527. The average molecular weight is 137 g/mol. The topological polar surface area (TPSA) is 3.24 Å². The third kappa shape index (κ3) is 1.63. The highest BCUT2D eigenvalue weighted by Gasteiger charge is 2.07. The van der Waals surface area contributed by atoms with Crippen molar-refractivity contribution in [3.8, 4) is 0 Å². The minimum absolute atomic E-state index is 1.10. The second kappa shape index (κ2) is 3.45. The third-order valence-electron chi connectivity index (χ3n) is 1.90. The molecule has 0 radical (unpaired) electrons. The first-order valence-electron chi connectivity index (χ1n) is 3.86. The predicted octanol–water partition coefficient (Wildman–Crippen LogP) is 2.17. The number of allylic oxidation sites excluding steroid dienone is 2. The Kier molecular flexibility index (Phi) is 2.55. The molecule has 0 aromatic heterocycles. The van der Waals surface area contributed by atoms with Crippen LogP contribution in [0, 0.1) is 0 Å². The van der Waals surface area contributed by atoms with E-state index in [9.17, 15) is 0 Å². The maximum atomic E-state index is 2.32. The van der Waals surface area contributed by atoms with Crippen molar-refractivity contribution >= 4 is 0 Å². The second-order valence-electron chi connectivity index (χ2n) is 2.68. The normalized spacial score (nSPS) is 18.6. The zero-order valence-electron chi connectivity index (χ0n) is 6.80. The van der Waals surface area contributed by atoms with Gasteiger partial charge < -0.3 is 4.90 Å². The van der Waals surface area contributed by atoms with Crippen LogP contribution in [0.15, 0.2) is 23.9 Å². The van der Waals surface area contributed by atoms with Gasteiger partial charge in [0.1, 0.15) is 0 Å². The van der Waals surface area contributed by atoms with E-state index in [1.807, 2.05) is 0 Å². The highest BCUT2D eigenvalue weighted by molar-refractivity contribution is 5.10. The summed E-state index contributed by atoms with van der Waals surface area (Å²) in [4.78, 5) is 2.32. The summed E-state index contributed by atoms with van der Waals surface area (Å²) >= 11 is 0. The van der Waals surface area contributed by atoms with E-state index in [0.29, 0.717) is 0 Å². The van der Waals surface area contributed by atoms with Crippen LogP contribution in [0.2, 0.25) is 0 Å². The molecular weight excluding hydrogens is 122 g/mol. The van der Waals surface area contributed by atoms with Crippen LogP contribution >= 0.6 is 0 Å². The Morgan fingerprint density at radius 3 is 3.00 bits per heavy atom. The van der Waals surface area contributed by atoms with Gasteiger partial charge in [-0.05, 0) is 13.3 Å². The van der Waals surface area contributed by atoms with Crippen LogP contribution < -0.4 is 0 Å². The SMILES string of the molecule is C/C=C\CC1=CCCN1C. The number of rotatable bonds is 2. The van der Waals surface area contributed by atoms with Gasteiger partial charge in [0.15, 0.2) is 0 Å². The van der Waals surface area contributed by atoms with Crippen molar-refractivity contribution < 1.29 is 0 Å². The molecule has 1 aliphatic heterocycles. The van der Waals surface area contributed by atoms with E-state index in [2.05, 4.69) is 37.1 Å². The minimum atomic E-state index is 1.10. The van der Waals surface area contributed by atoms with Crippen LogP contribution in [0.4, 0.5) is 0 Å². The molecule has 0 bridgehead atoms. The fourth-order valence-corrected chi connectivity index (χ4v) is 1.20. The summed E-state index contributed by atoms with van der Waals surface area (Å²) in [6.45, 7) is 3.27. The zero-order valence-corrected chi connectivity index (χ0v) is 6.80. The van der Waals surface area contributed by atoms with Gasteiger partial charge in [-0.15, -0.1) is 0 Å². The Morgan fingerprint density at radius 1 is 1.70 bits per heavy atom. The molecule has 10 heavy (non-hydrogen) atoms. The Balaban J connectivity index is 2.40. The highest BCUT2D eigenvalue weighted by Crippen LogP contribution is 2.15. The van der Waals surface area contributed by atoms with Crippen LogP contribution in [-0.4, -0.2) is 18.5 Å². The molecule has 1 nitrogen and oxygen atoms in total. The van der Waals surface area contributed by atoms with E-state index >= 15 is 0 Å². The van der Waals surface area contributed by atoms with Crippen LogP contribution in [0.25, 0.3) is 0 Å². The first-order chi connectivity index (χ1) is 4.84. The standard InChI is InChI=1S/C9H15N/c1-3-4-6-9-7-5-8-10(9)2/h3-4,7H,5-6,8H2,1-2H3/b4-3-. The Bertz CT molecular complexity index is 156. The van der Waals surface area contributed by atoms with E-state index in [-0.39, 0.29) is 0 Å². The minimum Gasteiger partial charge on any atom is -0.378 e. The highest BCUT2D eigenvalue weighted by atomic mass is 15.1. The smallest absolute Gasteiger partial charge is 0.0207 e. The molecule has 0 aromatic carbocycles. The Labute approximate surface area is 63.0 Å². The second-order valence-corrected chi connectivity index (χ2v) is 2.68. The van der Waals surface area contributed by atoms with Gasteiger partial charge in [0, 0.05) is 25.7 Å². The Morgan fingerprint density at radius 2 is 2.50 bits per heavy atom. The molecule has 0 fully saturated rings. The summed E-state index contributed by atoms with van der Waals surface area (Å²) in [5.74, 6) is 0.